The third-order valence-corrected chi connectivity index (χ3v) is 6.38. The second kappa shape index (κ2) is 8.15. The SMILES string of the molecule is CC(=O)c1ccccc1-c1cccc2c1CC[C@H]2Oc1ccc2c(c1)OC[C@H]2CC(=O)O. The van der Waals surface area contributed by atoms with E-state index in [4.69, 9.17) is 14.6 Å². The van der Waals surface area contributed by atoms with Gasteiger partial charge in [0.05, 0.1) is 13.0 Å². The number of carboxylic acids is 1. The smallest absolute Gasteiger partial charge is 0.304 e. The number of carboxylic acid groups (broad SMARTS) is 1. The third kappa shape index (κ3) is 3.64. The van der Waals surface area contributed by atoms with Crippen molar-refractivity contribution < 1.29 is 24.2 Å². The summed E-state index contributed by atoms with van der Waals surface area (Å²) in [6.45, 7) is 1.99. The second-order valence-corrected chi connectivity index (χ2v) is 8.43. The molecule has 3 aromatic rings. The number of aliphatic carboxylic acids is 1. The largest absolute Gasteiger partial charge is 0.492 e. The van der Waals surface area contributed by atoms with Gasteiger partial charge in [-0.15, -0.1) is 0 Å². The summed E-state index contributed by atoms with van der Waals surface area (Å²) in [4.78, 5) is 23.2. The number of hydrogen-bond acceptors (Lipinski definition) is 4. The van der Waals surface area contributed by atoms with E-state index in [1.807, 2.05) is 48.5 Å². The van der Waals surface area contributed by atoms with Gasteiger partial charge in [0.15, 0.2) is 5.78 Å². The lowest BCUT2D eigenvalue weighted by molar-refractivity contribution is -0.137. The van der Waals surface area contributed by atoms with Gasteiger partial charge in [0.1, 0.15) is 17.6 Å². The molecule has 5 heteroatoms. The van der Waals surface area contributed by atoms with Crippen LogP contribution in [0.1, 0.15) is 58.8 Å². The molecule has 0 bridgehead atoms. The highest BCUT2D eigenvalue weighted by molar-refractivity contribution is 6.01. The number of carbonyl (C=O) groups is 2. The Bertz CT molecular complexity index is 1210. The minimum atomic E-state index is -0.823. The highest BCUT2D eigenvalue weighted by Gasteiger charge is 2.29. The summed E-state index contributed by atoms with van der Waals surface area (Å²) in [5.41, 5.74) is 6.09. The predicted octanol–water partition coefficient (Wildman–Crippen LogP) is 5.57. The number of ketones is 1. The van der Waals surface area contributed by atoms with Crippen LogP contribution < -0.4 is 9.47 Å². The van der Waals surface area contributed by atoms with Crippen molar-refractivity contribution in [2.24, 2.45) is 0 Å². The minimum absolute atomic E-state index is 0.0587. The maximum absolute atomic E-state index is 12.2. The van der Waals surface area contributed by atoms with Crippen molar-refractivity contribution in [3.63, 3.8) is 0 Å². The lowest BCUT2D eigenvalue weighted by Gasteiger charge is -2.17. The van der Waals surface area contributed by atoms with E-state index >= 15 is 0 Å². The van der Waals surface area contributed by atoms with Gasteiger partial charge in [0.25, 0.3) is 0 Å². The van der Waals surface area contributed by atoms with Crippen LogP contribution in [0.4, 0.5) is 0 Å². The van der Waals surface area contributed by atoms with E-state index in [-0.39, 0.29) is 24.2 Å². The first-order valence-electron chi connectivity index (χ1n) is 10.9. The number of benzene rings is 3. The molecule has 5 rings (SSSR count). The van der Waals surface area contributed by atoms with Gasteiger partial charge in [0, 0.05) is 23.1 Å². The van der Waals surface area contributed by atoms with Crippen LogP contribution >= 0.6 is 0 Å². The number of carbonyl (C=O) groups excluding carboxylic acids is 1. The van der Waals surface area contributed by atoms with Crippen LogP contribution in [0.3, 0.4) is 0 Å². The van der Waals surface area contributed by atoms with E-state index in [0.29, 0.717) is 18.1 Å². The van der Waals surface area contributed by atoms with Crippen LogP contribution in [0.2, 0.25) is 0 Å². The Hall–Kier alpha value is -3.60. The Morgan fingerprint density at radius 2 is 1.84 bits per heavy atom. The monoisotopic (exact) mass is 428 g/mol. The van der Waals surface area contributed by atoms with Crippen molar-refractivity contribution in [1.29, 1.82) is 0 Å². The summed E-state index contributed by atoms with van der Waals surface area (Å²) < 4.78 is 12.1. The van der Waals surface area contributed by atoms with Crippen LogP contribution in [0.25, 0.3) is 11.1 Å². The van der Waals surface area contributed by atoms with Crippen molar-refractivity contribution in [2.75, 3.05) is 6.61 Å². The molecular formula is C27H24O5. The van der Waals surface area contributed by atoms with Gasteiger partial charge in [-0.2, -0.15) is 0 Å². The molecule has 1 aliphatic heterocycles. The summed E-state index contributed by atoms with van der Waals surface area (Å²) in [5, 5.41) is 9.09. The van der Waals surface area contributed by atoms with Crippen molar-refractivity contribution in [3.05, 3.63) is 82.9 Å². The first-order chi connectivity index (χ1) is 15.5. The van der Waals surface area contributed by atoms with E-state index in [0.717, 1.165) is 40.7 Å². The molecule has 2 atom stereocenters. The number of Topliss-reactive ketones (excluding diaryl/α,β-unsaturated/α-hetero) is 1. The van der Waals surface area contributed by atoms with E-state index in [1.54, 1.807) is 6.92 Å². The van der Waals surface area contributed by atoms with Gasteiger partial charge in [-0.3, -0.25) is 9.59 Å². The lowest BCUT2D eigenvalue weighted by atomic mass is 9.92. The van der Waals surface area contributed by atoms with Gasteiger partial charge in [0.2, 0.25) is 0 Å². The van der Waals surface area contributed by atoms with E-state index in [2.05, 4.69) is 12.1 Å². The summed E-state index contributed by atoms with van der Waals surface area (Å²) in [7, 11) is 0. The lowest BCUT2D eigenvalue weighted by Crippen LogP contribution is -2.07. The summed E-state index contributed by atoms with van der Waals surface area (Å²) in [6, 6.07) is 19.6. The number of hydrogen-bond donors (Lipinski definition) is 1. The molecule has 5 nitrogen and oxygen atoms in total. The molecule has 0 amide bonds. The molecule has 32 heavy (non-hydrogen) atoms. The molecule has 0 radical (unpaired) electrons. The van der Waals surface area contributed by atoms with E-state index in [9.17, 15) is 9.59 Å². The molecule has 1 heterocycles. The zero-order chi connectivity index (χ0) is 22.2. The Morgan fingerprint density at radius 3 is 2.66 bits per heavy atom. The molecule has 0 saturated carbocycles. The van der Waals surface area contributed by atoms with Gasteiger partial charge in [-0.25, -0.2) is 0 Å². The molecule has 0 unspecified atom stereocenters. The Labute approximate surface area is 186 Å². The maximum atomic E-state index is 12.2. The third-order valence-electron chi connectivity index (χ3n) is 6.38. The fourth-order valence-electron chi connectivity index (χ4n) is 4.89. The molecule has 2 aliphatic rings. The number of fused-ring (bicyclic) bond motifs is 2. The van der Waals surface area contributed by atoms with Crippen molar-refractivity contribution in [1.82, 2.24) is 0 Å². The summed E-state index contributed by atoms with van der Waals surface area (Å²) in [6.07, 6.45) is 1.72. The average molecular weight is 428 g/mol. The van der Waals surface area contributed by atoms with Crippen LogP contribution in [0, 0.1) is 0 Å². The fraction of sp³-hybridized carbons (Fsp3) is 0.259. The number of ether oxygens (including phenoxy) is 2. The minimum Gasteiger partial charge on any atom is -0.492 e. The fourth-order valence-corrected chi connectivity index (χ4v) is 4.89. The van der Waals surface area contributed by atoms with Gasteiger partial charge in [-0.1, -0.05) is 48.5 Å². The van der Waals surface area contributed by atoms with E-state index in [1.165, 1.54) is 5.56 Å². The molecule has 0 aromatic heterocycles. The quantitative estimate of drug-likeness (QED) is 0.520. The Kier molecular flexibility index (Phi) is 5.17. The summed E-state index contributed by atoms with van der Waals surface area (Å²) in [5.74, 6) is 0.538. The molecule has 3 aromatic carbocycles. The van der Waals surface area contributed by atoms with Gasteiger partial charge in [-0.05, 0) is 48.1 Å². The summed E-state index contributed by atoms with van der Waals surface area (Å²) >= 11 is 0. The zero-order valence-electron chi connectivity index (χ0n) is 17.8. The molecule has 0 saturated heterocycles. The first kappa shape index (κ1) is 20.3. The molecule has 0 spiro atoms. The number of rotatable bonds is 6. The standard InChI is InChI=1S/C27H24O5/c1-16(28)19-5-2-3-6-21(19)22-7-4-8-24-23(22)11-12-25(24)32-18-9-10-20-17(13-27(29)30)15-31-26(20)14-18/h2-10,14,17,25H,11-13,15H2,1H3,(H,29,30)/t17-,25-/m1/s1. The highest BCUT2D eigenvalue weighted by Crippen LogP contribution is 2.43. The van der Waals surface area contributed by atoms with Crippen molar-refractivity contribution in [3.8, 4) is 22.6 Å². The topological polar surface area (TPSA) is 72.8 Å². The molecule has 162 valence electrons. The molecule has 1 aliphatic carbocycles. The zero-order valence-corrected chi connectivity index (χ0v) is 17.8. The van der Waals surface area contributed by atoms with Crippen LogP contribution in [0.15, 0.2) is 60.7 Å². The molecule has 0 fully saturated rings. The van der Waals surface area contributed by atoms with Crippen molar-refractivity contribution >= 4 is 11.8 Å². The van der Waals surface area contributed by atoms with Gasteiger partial charge >= 0.3 is 5.97 Å². The van der Waals surface area contributed by atoms with Crippen LogP contribution in [-0.4, -0.2) is 23.5 Å². The molecular weight excluding hydrogens is 404 g/mol. The Morgan fingerprint density at radius 1 is 1.03 bits per heavy atom. The Balaban J connectivity index is 1.42. The highest BCUT2D eigenvalue weighted by atomic mass is 16.5. The average Bonchev–Trinajstić information content (AvgIpc) is 3.37. The second-order valence-electron chi connectivity index (χ2n) is 8.43. The maximum Gasteiger partial charge on any atom is 0.304 e. The van der Waals surface area contributed by atoms with Crippen LogP contribution in [-0.2, 0) is 11.2 Å². The normalized spacial score (nSPS) is 18.5. The van der Waals surface area contributed by atoms with Gasteiger partial charge < -0.3 is 14.6 Å². The van der Waals surface area contributed by atoms with E-state index < -0.39 is 5.97 Å². The predicted molar refractivity (Wildman–Crippen MR) is 121 cm³/mol. The van der Waals surface area contributed by atoms with Crippen LogP contribution in [0.5, 0.6) is 11.5 Å². The first-order valence-corrected chi connectivity index (χ1v) is 10.9. The van der Waals surface area contributed by atoms with Crippen molar-refractivity contribution in [2.45, 2.75) is 38.2 Å². The molecule has 1 N–H and O–H groups in total.